The van der Waals surface area contributed by atoms with Gasteiger partial charge in [0.15, 0.2) is 0 Å². The van der Waals surface area contributed by atoms with E-state index < -0.39 is 10.0 Å². The van der Waals surface area contributed by atoms with Gasteiger partial charge in [-0.2, -0.15) is 4.31 Å². The number of sulfonamides is 1. The van der Waals surface area contributed by atoms with Gasteiger partial charge in [0.05, 0.1) is 12.4 Å². The minimum absolute atomic E-state index is 0.0585. The molecule has 0 unspecified atom stereocenters. The first-order valence-electron chi connectivity index (χ1n) is 6.42. The van der Waals surface area contributed by atoms with Gasteiger partial charge < -0.3 is 10.8 Å². The van der Waals surface area contributed by atoms with Crippen molar-refractivity contribution in [2.24, 2.45) is 0 Å². The first-order valence-corrected chi connectivity index (χ1v) is 8.03. The molecular weight excluding hydrogens is 264 g/mol. The molecule has 0 atom stereocenters. The number of unbranched alkanes of at least 4 members (excludes halogenated alkanes) is 1. The van der Waals surface area contributed by atoms with Crippen molar-refractivity contribution in [1.82, 2.24) is 4.31 Å². The third-order valence-electron chi connectivity index (χ3n) is 2.83. The second kappa shape index (κ2) is 7.47. The molecule has 0 amide bonds. The molecule has 3 N–H and O–H groups in total. The number of rotatable bonds is 8. The fraction of sp³-hybridized carbons (Fsp3) is 0.538. The maximum Gasteiger partial charge on any atom is 0.218 e. The van der Waals surface area contributed by atoms with Gasteiger partial charge in [0.1, 0.15) is 0 Å². The van der Waals surface area contributed by atoms with E-state index >= 15 is 0 Å². The van der Waals surface area contributed by atoms with Crippen molar-refractivity contribution in [3.05, 3.63) is 29.8 Å². The van der Waals surface area contributed by atoms with Crippen molar-refractivity contribution in [2.45, 2.75) is 25.5 Å². The van der Waals surface area contributed by atoms with Gasteiger partial charge in [-0.3, -0.25) is 0 Å². The number of nitrogen functional groups attached to an aromatic ring is 1. The van der Waals surface area contributed by atoms with Gasteiger partial charge in [-0.25, -0.2) is 8.42 Å². The van der Waals surface area contributed by atoms with E-state index in [4.69, 9.17) is 10.8 Å². The number of nitrogens with zero attached hydrogens (tertiary/aromatic N) is 1. The molecule has 0 heterocycles. The Labute approximate surface area is 115 Å². The van der Waals surface area contributed by atoms with E-state index in [1.807, 2.05) is 6.92 Å². The number of benzene rings is 1. The van der Waals surface area contributed by atoms with Crippen LogP contribution in [0.1, 0.15) is 25.3 Å². The standard InChI is InChI=1S/C13H22N2O3S/c1-2-3-8-15(9-10-16)19(17,18)11-12-4-6-13(14)7-5-12/h4-7,16H,2-3,8-11,14H2,1H3. The number of aliphatic hydroxyl groups is 1. The summed E-state index contributed by atoms with van der Waals surface area (Å²) in [6.45, 7) is 2.44. The lowest BCUT2D eigenvalue weighted by Crippen LogP contribution is -2.35. The monoisotopic (exact) mass is 286 g/mol. The summed E-state index contributed by atoms with van der Waals surface area (Å²) in [4.78, 5) is 0. The molecule has 1 rings (SSSR count). The molecule has 1 aromatic rings. The summed E-state index contributed by atoms with van der Waals surface area (Å²) in [6.07, 6.45) is 1.71. The molecule has 5 nitrogen and oxygen atoms in total. The van der Waals surface area contributed by atoms with Gasteiger partial charge in [0, 0.05) is 18.8 Å². The summed E-state index contributed by atoms with van der Waals surface area (Å²) in [6, 6.07) is 6.80. The van der Waals surface area contributed by atoms with E-state index in [1.165, 1.54) is 4.31 Å². The average Bonchev–Trinajstić information content (AvgIpc) is 2.37. The Hall–Kier alpha value is -1.11. The summed E-state index contributed by atoms with van der Waals surface area (Å²) < 4.78 is 25.9. The van der Waals surface area contributed by atoms with Crippen LogP contribution in [0.5, 0.6) is 0 Å². The van der Waals surface area contributed by atoms with Crippen LogP contribution >= 0.6 is 0 Å². The molecule has 0 bridgehead atoms. The zero-order valence-corrected chi connectivity index (χ0v) is 12.1. The van der Waals surface area contributed by atoms with Crippen LogP contribution in [0.15, 0.2) is 24.3 Å². The fourth-order valence-electron chi connectivity index (χ4n) is 1.75. The third kappa shape index (κ3) is 5.18. The number of nitrogens with two attached hydrogens (primary N) is 1. The minimum Gasteiger partial charge on any atom is -0.399 e. The van der Waals surface area contributed by atoms with Crippen LogP contribution in [0.25, 0.3) is 0 Å². The zero-order chi connectivity index (χ0) is 14.3. The Morgan fingerprint density at radius 1 is 1.21 bits per heavy atom. The number of aliphatic hydroxyl groups excluding tert-OH is 1. The van der Waals surface area contributed by atoms with Crippen LogP contribution in [0.2, 0.25) is 0 Å². The van der Waals surface area contributed by atoms with Crippen LogP contribution in [-0.2, 0) is 15.8 Å². The average molecular weight is 286 g/mol. The second-order valence-electron chi connectivity index (χ2n) is 4.47. The van der Waals surface area contributed by atoms with Crippen molar-refractivity contribution in [3.8, 4) is 0 Å². The van der Waals surface area contributed by atoms with Crippen molar-refractivity contribution >= 4 is 15.7 Å². The molecule has 0 aliphatic carbocycles. The van der Waals surface area contributed by atoms with Crippen LogP contribution in [-0.4, -0.2) is 37.5 Å². The Bertz CT molecular complexity index is 471. The van der Waals surface area contributed by atoms with Gasteiger partial charge in [-0.1, -0.05) is 25.5 Å². The van der Waals surface area contributed by atoms with Crippen molar-refractivity contribution < 1.29 is 13.5 Å². The third-order valence-corrected chi connectivity index (χ3v) is 4.68. The molecule has 0 fully saturated rings. The van der Waals surface area contributed by atoms with Crippen LogP contribution in [0, 0.1) is 0 Å². The molecule has 0 saturated carbocycles. The van der Waals surface area contributed by atoms with Crippen LogP contribution in [0.3, 0.4) is 0 Å². The van der Waals surface area contributed by atoms with Gasteiger partial charge in [0.2, 0.25) is 10.0 Å². The lowest BCUT2D eigenvalue weighted by molar-refractivity contribution is 0.252. The van der Waals surface area contributed by atoms with Gasteiger partial charge in [0.25, 0.3) is 0 Å². The molecule has 0 aromatic heterocycles. The Morgan fingerprint density at radius 3 is 2.37 bits per heavy atom. The summed E-state index contributed by atoms with van der Waals surface area (Å²) in [5, 5.41) is 8.98. The van der Waals surface area contributed by atoms with Gasteiger partial charge in [-0.05, 0) is 24.1 Å². The first-order chi connectivity index (χ1) is 8.99. The molecule has 6 heteroatoms. The molecule has 0 spiro atoms. The quantitative estimate of drug-likeness (QED) is 0.703. The molecule has 0 radical (unpaired) electrons. The largest absolute Gasteiger partial charge is 0.399 e. The Kier molecular flexibility index (Phi) is 6.27. The molecule has 0 saturated heterocycles. The summed E-state index contributed by atoms with van der Waals surface area (Å²) in [5.74, 6) is -0.0585. The summed E-state index contributed by atoms with van der Waals surface area (Å²) in [7, 11) is -3.39. The first kappa shape index (κ1) is 15.9. The number of anilines is 1. The highest BCUT2D eigenvalue weighted by Crippen LogP contribution is 2.13. The van der Waals surface area contributed by atoms with Crippen LogP contribution < -0.4 is 5.73 Å². The van der Waals surface area contributed by atoms with E-state index in [2.05, 4.69) is 0 Å². The van der Waals surface area contributed by atoms with Crippen LogP contribution in [0.4, 0.5) is 5.69 Å². The molecular formula is C13H22N2O3S. The van der Waals surface area contributed by atoms with E-state index in [0.717, 1.165) is 12.8 Å². The molecule has 0 aliphatic heterocycles. The number of hydrogen-bond acceptors (Lipinski definition) is 4. The minimum atomic E-state index is -3.39. The summed E-state index contributed by atoms with van der Waals surface area (Å²) in [5.41, 5.74) is 6.88. The second-order valence-corrected chi connectivity index (χ2v) is 6.44. The lowest BCUT2D eigenvalue weighted by atomic mass is 10.2. The SMILES string of the molecule is CCCCN(CCO)S(=O)(=O)Cc1ccc(N)cc1. The fourth-order valence-corrected chi connectivity index (χ4v) is 3.32. The van der Waals surface area contributed by atoms with E-state index in [1.54, 1.807) is 24.3 Å². The lowest BCUT2D eigenvalue weighted by Gasteiger charge is -2.21. The van der Waals surface area contributed by atoms with Gasteiger partial charge >= 0.3 is 0 Å². The topological polar surface area (TPSA) is 83.6 Å². The Balaban J connectivity index is 2.78. The van der Waals surface area contributed by atoms with Crippen molar-refractivity contribution in [3.63, 3.8) is 0 Å². The number of hydrogen-bond donors (Lipinski definition) is 2. The highest BCUT2D eigenvalue weighted by atomic mass is 32.2. The van der Waals surface area contributed by atoms with Crippen molar-refractivity contribution in [1.29, 1.82) is 0 Å². The smallest absolute Gasteiger partial charge is 0.218 e. The molecule has 19 heavy (non-hydrogen) atoms. The maximum atomic E-state index is 12.3. The van der Waals surface area contributed by atoms with Gasteiger partial charge in [-0.15, -0.1) is 0 Å². The predicted octanol–water partition coefficient (Wildman–Crippen LogP) is 1.19. The molecule has 0 aliphatic rings. The summed E-state index contributed by atoms with van der Waals surface area (Å²) >= 11 is 0. The molecule has 1 aromatic carbocycles. The maximum absolute atomic E-state index is 12.3. The van der Waals surface area contributed by atoms with E-state index in [9.17, 15) is 8.42 Å². The van der Waals surface area contributed by atoms with Crippen molar-refractivity contribution in [2.75, 3.05) is 25.4 Å². The van der Waals surface area contributed by atoms with E-state index in [0.29, 0.717) is 17.8 Å². The zero-order valence-electron chi connectivity index (χ0n) is 11.2. The highest BCUT2D eigenvalue weighted by molar-refractivity contribution is 7.88. The normalized spacial score (nSPS) is 11.9. The molecule has 108 valence electrons. The Morgan fingerprint density at radius 2 is 1.84 bits per heavy atom. The highest BCUT2D eigenvalue weighted by Gasteiger charge is 2.21. The predicted molar refractivity (Wildman–Crippen MR) is 77.0 cm³/mol. The van der Waals surface area contributed by atoms with E-state index in [-0.39, 0.29) is 18.9 Å².